The number of hydrogen-bond donors (Lipinski definition) is 0. The second-order valence-electron chi connectivity index (χ2n) is 4.04. The highest BCUT2D eigenvalue weighted by Gasteiger charge is 2.38. The van der Waals surface area contributed by atoms with Crippen LogP contribution in [0, 0.1) is 5.41 Å². The van der Waals surface area contributed by atoms with Gasteiger partial charge in [-0.05, 0) is 19.4 Å². The van der Waals surface area contributed by atoms with Crippen molar-refractivity contribution in [1.29, 1.82) is 0 Å². The van der Waals surface area contributed by atoms with Crippen LogP contribution in [0.3, 0.4) is 0 Å². The molecule has 1 aliphatic rings. The average Bonchev–Trinajstić information content (AvgIpc) is 2.58. The third-order valence-electron chi connectivity index (χ3n) is 2.91. The van der Waals surface area contributed by atoms with Gasteiger partial charge < -0.3 is 4.74 Å². The van der Waals surface area contributed by atoms with Crippen LogP contribution in [0.5, 0.6) is 0 Å². The van der Waals surface area contributed by atoms with E-state index < -0.39 is 5.41 Å². The van der Waals surface area contributed by atoms with Crippen molar-refractivity contribution in [3.8, 4) is 0 Å². The molecule has 0 saturated heterocycles. The summed E-state index contributed by atoms with van der Waals surface area (Å²) in [5.74, 6) is 0.536. The fourth-order valence-electron chi connectivity index (χ4n) is 1.59. The minimum Gasteiger partial charge on any atom is -0.426 e. The van der Waals surface area contributed by atoms with Crippen LogP contribution in [0.15, 0.2) is 36.4 Å². The second-order valence-corrected chi connectivity index (χ2v) is 4.04. The van der Waals surface area contributed by atoms with Gasteiger partial charge in [0.25, 0.3) is 0 Å². The Morgan fingerprint density at radius 1 is 1.27 bits per heavy atom. The average molecular weight is 202 g/mol. The number of ether oxygens (including phenoxy) is 1. The minimum atomic E-state index is -0.453. The van der Waals surface area contributed by atoms with Gasteiger partial charge in [0.15, 0.2) is 0 Å². The largest absolute Gasteiger partial charge is 0.426 e. The van der Waals surface area contributed by atoms with Crippen molar-refractivity contribution in [3.63, 3.8) is 0 Å². The SMILES string of the molecule is CC[C@@]1(C)C=C(c2ccccc2)OC1=O. The first kappa shape index (κ1) is 9.97. The van der Waals surface area contributed by atoms with Crippen LogP contribution in [0.4, 0.5) is 0 Å². The first-order valence-corrected chi connectivity index (χ1v) is 5.16. The lowest BCUT2D eigenvalue weighted by atomic mass is 9.88. The summed E-state index contributed by atoms with van der Waals surface area (Å²) in [5.41, 5.74) is 0.508. The van der Waals surface area contributed by atoms with Gasteiger partial charge in [0, 0.05) is 5.56 Å². The number of rotatable bonds is 2. The molecule has 1 heterocycles. The molecule has 2 heteroatoms. The summed E-state index contributed by atoms with van der Waals surface area (Å²) >= 11 is 0. The third-order valence-corrected chi connectivity index (χ3v) is 2.91. The highest BCUT2D eigenvalue weighted by atomic mass is 16.5. The zero-order chi connectivity index (χ0) is 10.9. The number of carbonyl (C=O) groups excluding carboxylic acids is 1. The second kappa shape index (κ2) is 3.54. The molecule has 1 atom stereocenters. The summed E-state index contributed by atoms with van der Waals surface area (Å²) < 4.78 is 5.28. The summed E-state index contributed by atoms with van der Waals surface area (Å²) in [5, 5.41) is 0. The number of carbonyl (C=O) groups is 1. The summed E-state index contributed by atoms with van der Waals surface area (Å²) in [7, 11) is 0. The van der Waals surface area contributed by atoms with Gasteiger partial charge in [0.2, 0.25) is 0 Å². The van der Waals surface area contributed by atoms with Crippen molar-refractivity contribution in [1.82, 2.24) is 0 Å². The maximum absolute atomic E-state index is 11.6. The Kier molecular flexibility index (Phi) is 2.35. The predicted molar refractivity (Wildman–Crippen MR) is 58.9 cm³/mol. The summed E-state index contributed by atoms with van der Waals surface area (Å²) in [4.78, 5) is 11.6. The molecule has 1 aromatic rings. The van der Waals surface area contributed by atoms with Crippen LogP contribution in [-0.2, 0) is 9.53 Å². The standard InChI is InChI=1S/C13H14O2/c1-3-13(2)9-11(15-12(13)14)10-7-5-4-6-8-10/h4-9H,3H2,1-2H3/t13-/m0/s1. The molecule has 0 N–H and O–H groups in total. The molecule has 15 heavy (non-hydrogen) atoms. The van der Waals surface area contributed by atoms with Crippen LogP contribution in [0.1, 0.15) is 25.8 Å². The molecule has 1 aromatic carbocycles. The number of esters is 1. The lowest BCUT2D eigenvalue weighted by Gasteiger charge is -2.12. The van der Waals surface area contributed by atoms with E-state index in [-0.39, 0.29) is 5.97 Å². The Labute approximate surface area is 89.6 Å². The van der Waals surface area contributed by atoms with Gasteiger partial charge in [-0.2, -0.15) is 0 Å². The first-order valence-electron chi connectivity index (χ1n) is 5.16. The van der Waals surface area contributed by atoms with Gasteiger partial charge in [-0.3, -0.25) is 4.79 Å². The normalized spacial score (nSPS) is 24.9. The molecule has 1 aliphatic heterocycles. The van der Waals surface area contributed by atoms with E-state index in [0.717, 1.165) is 12.0 Å². The first-order chi connectivity index (χ1) is 7.15. The van der Waals surface area contributed by atoms with E-state index in [1.165, 1.54) is 0 Å². The van der Waals surface area contributed by atoms with E-state index in [0.29, 0.717) is 5.76 Å². The van der Waals surface area contributed by atoms with Crippen LogP contribution >= 0.6 is 0 Å². The molecule has 0 spiro atoms. The Hall–Kier alpha value is -1.57. The van der Waals surface area contributed by atoms with Crippen molar-refractivity contribution in [2.45, 2.75) is 20.3 Å². The van der Waals surface area contributed by atoms with Crippen LogP contribution in [0.25, 0.3) is 5.76 Å². The van der Waals surface area contributed by atoms with Gasteiger partial charge in [0.05, 0.1) is 5.41 Å². The highest BCUT2D eigenvalue weighted by Crippen LogP contribution is 2.37. The molecule has 0 saturated carbocycles. The lowest BCUT2D eigenvalue weighted by molar-refractivity contribution is -0.142. The fourth-order valence-corrected chi connectivity index (χ4v) is 1.59. The smallest absolute Gasteiger partial charge is 0.321 e. The molecule has 0 aliphatic carbocycles. The molecule has 2 rings (SSSR count). The van der Waals surface area contributed by atoms with E-state index in [9.17, 15) is 4.79 Å². The molecule has 0 unspecified atom stereocenters. The van der Waals surface area contributed by atoms with Crippen molar-refractivity contribution < 1.29 is 9.53 Å². The molecular weight excluding hydrogens is 188 g/mol. The van der Waals surface area contributed by atoms with Gasteiger partial charge in [-0.1, -0.05) is 37.3 Å². The van der Waals surface area contributed by atoms with E-state index >= 15 is 0 Å². The minimum absolute atomic E-state index is 0.149. The molecule has 78 valence electrons. The van der Waals surface area contributed by atoms with Gasteiger partial charge in [-0.15, -0.1) is 0 Å². The van der Waals surface area contributed by atoms with Crippen molar-refractivity contribution in [2.24, 2.45) is 5.41 Å². The van der Waals surface area contributed by atoms with E-state index in [4.69, 9.17) is 4.74 Å². The molecule has 2 nitrogen and oxygen atoms in total. The Morgan fingerprint density at radius 3 is 2.47 bits per heavy atom. The Morgan fingerprint density at radius 2 is 1.93 bits per heavy atom. The topological polar surface area (TPSA) is 26.3 Å². The summed E-state index contributed by atoms with van der Waals surface area (Å²) in [6.07, 6.45) is 2.69. The molecule has 0 aromatic heterocycles. The maximum atomic E-state index is 11.6. The van der Waals surface area contributed by atoms with E-state index in [1.807, 2.05) is 50.3 Å². The van der Waals surface area contributed by atoms with Crippen molar-refractivity contribution >= 4 is 11.7 Å². The number of benzene rings is 1. The maximum Gasteiger partial charge on any atom is 0.321 e. The molecule has 0 amide bonds. The van der Waals surface area contributed by atoms with Crippen LogP contribution < -0.4 is 0 Å². The van der Waals surface area contributed by atoms with E-state index in [2.05, 4.69) is 0 Å². The Balaban J connectivity index is 2.35. The van der Waals surface area contributed by atoms with Gasteiger partial charge >= 0.3 is 5.97 Å². The molecule has 0 fully saturated rings. The fraction of sp³-hybridized carbons (Fsp3) is 0.308. The quantitative estimate of drug-likeness (QED) is 0.689. The zero-order valence-electron chi connectivity index (χ0n) is 8.99. The number of cyclic esters (lactones) is 1. The summed E-state index contributed by atoms with van der Waals surface area (Å²) in [6, 6.07) is 9.71. The molecular formula is C13H14O2. The third kappa shape index (κ3) is 1.67. The van der Waals surface area contributed by atoms with Gasteiger partial charge in [-0.25, -0.2) is 0 Å². The van der Waals surface area contributed by atoms with Crippen LogP contribution in [0.2, 0.25) is 0 Å². The van der Waals surface area contributed by atoms with Gasteiger partial charge in [0.1, 0.15) is 5.76 Å². The highest BCUT2D eigenvalue weighted by molar-refractivity contribution is 5.90. The monoisotopic (exact) mass is 202 g/mol. The van der Waals surface area contributed by atoms with Crippen LogP contribution in [-0.4, -0.2) is 5.97 Å². The zero-order valence-corrected chi connectivity index (χ0v) is 8.99. The van der Waals surface area contributed by atoms with Crippen molar-refractivity contribution in [2.75, 3.05) is 0 Å². The Bertz CT molecular complexity index is 406. The van der Waals surface area contributed by atoms with E-state index in [1.54, 1.807) is 0 Å². The summed E-state index contributed by atoms with van der Waals surface area (Å²) in [6.45, 7) is 3.90. The number of hydrogen-bond acceptors (Lipinski definition) is 2. The predicted octanol–water partition coefficient (Wildman–Crippen LogP) is 3.00. The molecule has 0 radical (unpaired) electrons. The van der Waals surface area contributed by atoms with Crippen molar-refractivity contribution in [3.05, 3.63) is 42.0 Å². The lowest BCUT2D eigenvalue weighted by Crippen LogP contribution is -2.20. The molecule has 0 bridgehead atoms.